The van der Waals surface area contributed by atoms with E-state index in [1.165, 1.54) is 32.8 Å². The molecule has 0 unspecified atom stereocenters. The molecule has 0 radical (unpaired) electrons. The zero-order chi connectivity index (χ0) is 23.5. The third-order valence-corrected chi connectivity index (χ3v) is 7.16. The van der Waals surface area contributed by atoms with E-state index in [0.29, 0.717) is 5.56 Å². The molecular weight excluding hydrogens is 426 g/mol. The van der Waals surface area contributed by atoms with Gasteiger partial charge in [0.2, 0.25) is 0 Å². The van der Waals surface area contributed by atoms with Gasteiger partial charge in [0.15, 0.2) is 0 Å². The van der Waals surface area contributed by atoms with Crippen molar-refractivity contribution in [2.75, 3.05) is 0 Å². The van der Waals surface area contributed by atoms with Crippen LogP contribution in [0.4, 0.5) is 0 Å². The average Bonchev–Trinajstić information content (AvgIpc) is 3.41. The maximum atomic E-state index is 9.62. The normalized spacial score (nSPS) is 11.5. The van der Waals surface area contributed by atoms with Gasteiger partial charge in [0.25, 0.3) is 0 Å². The Hall–Kier alpha value is -4.81. The van der Waals surface area contributed by atoms with Gasteiger partial charge in [-0.05, 0) is 53.6 Å². The zero-order valence-electron chi connectivity index (χ0n) is 19.2. The van der Waals surface area contributed by atoms with Gasteiger partial charge in [-0.2, -0.15) is 5.26 Å². The number of hydrogen-bond donors (Lipinski definition) is 0. The Morgan fingerprint density at radius 1 is 0.571 bits per heavy atom. The second-order valence-corrected chi connectivity index (χ2v) is 9.02. The lowest BCUT2D eigenvalue weighted by Gasteiger charge is -2.10. The van der Waals surface area contributed by atoms with Gasteiger partial charge in [0, 0.05) is 39.8 Å². The van der Waals surface area contributed by atoms with Gasteiger partial charge in [-0.25, -0.2) is 0 Å². The molecule has 0 aliphatic carbocycles. The Bertz CT molecular complexity index is 1930. The van der Waals surface area contributed by atoms with Crippen molar-refractivity contribution in [3.8, 4) is 22.9 Å². The number of para-hydroxylation sites is 3. The number of aromatic nitrogens is 2. The number of nitriles is 1. The van der Waals surface area contributed by atoms with Gasteiger partial charge in [-0.3, -0.25) is 0 Å². The van der Waals surface area contributed by atoms with E-state index in [4.69, 9.17) is 0 Å². The Morgan fingerprint density at radius 2 is 1.23 bits per heavy atom. The number of nitrogens with zero attached hydrogens (tertiary/aromatic N) is 3. The number of hydrogen-bond acceptors (Lipinski definition) is 1. The lowest BCUT2D eigenvalue weighted by Crippen LogP contribution is -1.94. The molecule has 3 nitrogen and oxygen atoms in total. The second-order valence-electron chi connectivity index (χ2n) is 9.02. The highest BCUT2D eigenvalue weighted by Crippen LogP contribution is 2.36. The predicted octanol–water partition coefficient (Wildman–Crippen LogP) is 7.97. The lowest BCUT2D eigenvalue weighted by molar-refractivity contribution is 1.01. The summed E-state index contributed by atoms with van der Waals surface area (Å²) in [6.45, 7) is 0. The Morgan fingerprint density at radius 3 is 1.97 bits per heavy atom. The summed E-state index contributed by atoms with van der Waals surface area (Å²) in [5.41, 5.74) is 8.71. The lowest BCUT2D eigenvalue weighted by atomic mass is 10.0. The molecule has 3 heteroatoms. The molecule has 0 spiro atoms. The first-order valence-electron chi connectivity index (χ1n) is 11.7. The molecule has 2 aromatic heterocycles. The molecule has 7 rings (SSSR count). The minimum Gasteiger partial charge on any atom is -0.343 e. The molecule has 164 valence electrons. The third-order valence-electron chi connectivity index (χ3n) is 7.16. The van der Waals surface area contributed by atoms with Gasteiger partial charge in [-0.1, -0.05) is 66.7 Å². The van der Waals surface area contributed by atoms with Gasteiger partial charge < -0.3 is 9.13 Å². The first-order valence-corrected chi connectivity index (χ1v) is 11.7. The van der Waals surface area contributed by atoms with Crippen LogP contribution in [0.2, 0.25) is 0 Å². The number of aryl methyl sites for hydroxylation is 1. The molecule has 0 saturated heterocycles. The van der Waals surface area contributed by atoms with Crippen LogP contribution in [0.25, 0.3) is 60.4 Å². The van der Waals surface area contributed by atoms with Crippen LogP contribution in [0.15, 0.2) is 109 Å². The molecule has 0 aliphatic heterocycles. The van der Waals surface area contributed by atoms with Crippen LogP contribution in [0.3, 0.4) is 0 Å². The fourth-order valence-electron chi connectivity index (χ4n) is 5.58. The smallest absolute Gasteiger partial charge is 0.101 e. The van der Waals surface area contributed by atoms with E-state index in [1.807, 2.05) is 19.2 Å². The molecule has 0 atom stereocenters. The SMILES string of the molecule is Cn1c2ccc(-c3cccc(-n4c5ccccc5c5ccccc54)c3)cc2c2cccc(C#N)c21. The Balaban J connectivity index is 1.45. The van der Waals surface area contributed by atoms with Crippen LogP contribution >= 0.6 is 0 Å². The van der Waals surface area contributed by atoms with Crippen molar-refractivity contribution in [2.45, 2.75) is 0 Å². The van der Waals surface area contributed by atoms with Gasteiger partial charge in [-0.15, -0.1) is 0 Å². The van der Waals surface area contributed by atoms with E-state index in [2.05, 4.69) is 112 Å². The molecule has 0 bridgehead atoms. The van der Waals surface area contributed by atoms with Crippen LogP contribution in [-0.2, 0) is 7.05 Å². The highest BCUT2D eigenvalue weighted by Gasteiger charge is 2.14. The first kappa shape index (κ1) is 19.6. The predicted molar refractivity (Wildman–Crippen MR) is 145 cm³/mol. The van der Waals surface area contributed by atoms with Gasteiger partial charge >= 0.3 is 0 Å². The molecule has 35 heavy (non-hydrogen) atoms. The first-order chi connectivity index (χ1) is 17.2. The van der Waals surface area contributed by atoms with E-state index >= 15 is 0 Å². The third kappa shape index (κ3) is 2.77. The van der Waals surface area contributed by atoms with Crippen molar-refractivity contribution in [1.82, 2.24) is 9.13 Å². The van der Waals surface area contributed by atoms with Crippen LogP contribution < -0.4 is 0 Å². The van der Waals surface area contributed by atoms with E-state index < -0.39 is 0 Å². The van der Waals surface area contributed by atoms with Crippen molar-refractivity contribution < 1.29 is 0 Å². The number of benzene rings is 5. The zero-order valence-corrected chi connectivity index (χ0v) is 19.2. The summed E-state index contributed by atoms with van der Waals surface area (Å²) in [6, 6.07) is 40.8. The summed E-state index contributed by atoms with van der Waals surface area (Å²) < 4.78 is 4.48. The Labute approximate surface area is 202 Å². The molecule has 0 N–H and O–H groups in total. The Kier molecular flexibility index (Phi) is 4.12. The van der Waals surface area contributed by atoms with E-state index in [-0.39, 0.29) is 0 Å². The standard InChI is InChI=1S/C32H21N3/c1-34-29-17-16-22(19-28(29)27-13-7-9-23(20-33)32(27)34)21-8-6-10-24(18-21)35-30-14-4-2-11-25(30)26-12-3-5-15-31(26)35/h2-19H,1H3. The molecule has 7 aromatic rings. The van der Waals surface area contributed by atoms with E-state index in [1.54, 1.807) is 0 Å². The molecule has 5 aromatic carbocycles. The highest BCUT2D eigenvalue weighted by molar-refractivity contribution is 6.11. The summed E-state index contributed by atoms with van der Waals surface area (Å²) in [6.07, 6.45) is 0. The van der Waals surface area contributed by atoms with Gasteiger partial charge in [0.05, 0.1) is 22.1 Å². The maximum absolute atomic E-state index is 9.62. The van der Waals surface area contributed by atoms with Crippen molar-refractivity contribution in [3.63, 3.8) is 0 Å². The van der Waals surface area contributed by atoms with Crippen molar-refractivity contribution >= 4 is 43.6 Å². The molecule has 0 fully saturated rings. The molecule has 0 amide bonds. The largest absolute Gasteiger partial charge is 0.343 e. The summed E-state index contributed by atoms with van der Waals surface area (Å²) in [7, 11) is 2.04. The van der Waals surface area contributed by atoms with E-state index in [0.717, 1.165) is 27.7 Å². The minimum absolute atomic E-state index is 0.705. The summed E-state index contributed by atoms with van der Waals surface area (Å²) in [4.78, 5) is 0. The fraction of sp³-hybridized carbons (Fsp3) is 0.0312. The van der Waals surface area contributed by atoms with Crippen molar-refractivity contribution in [3.05, 3.63) is 115 Å². The quantitative estimate of drug-likeness (QED) is 0.265. The second kappa shape index (κ2) is 7.35. The molecule has 0 saturated carbocycles. The number of rotatable bonds is 2. The van der Waals surface area contributed by atoms with Gasteiger partial charge in [0.1, 0.15) is 6.07 Å². The van der Waals surface area contributed by atoms with Crippen LogP contribution in [0.1, 0.15) is 5.56 Å². The monoisotopic (exact) mass is 447 g/mol. The maximum Gasteiger partial charge on any atom is 0.101 e. The summed E-state index contributed by atoms with van der Waals surface area (Å²) >= 11 is 0. The van der Waals surface area contributed by atoms with Crippen LogP contribution in [0.5, 0.6) is 0 Å². The number of fused-ring (bicyclic) bond motifs is 6. The molecular formula is C32H21N3. The fourth-order valence-corrected chi connectivity index (χ4v) is 5.58. The topological polar surface area (TPSA) is 33.6 Å². The summed E-state index contributed by atoms with van der Waals surface area (Å²) in [5, 5.41) is 14.4. The van der Waals surface area contributed by atoms with Crippen LogP contribution in [0, 0.1) is 11.3 Å². The van der Waals surface area contributed by atoms with Crippen molar-refractivity contribution in [2.24, 2.45) is 7.05 Å². The average molecular weight is 448 g/mol. The summed E-state index contributed by atoms with van der Waals surface area (Å²) in [5.74, 6) is 0. The van der Waals surface area contributed by atoms with Crippen LogP contribution in [-0.4, -0.2) is 9.13 Å². The minimum atomic E-state index is 0.705. The highest BCUT2D eigenvalue weighted by atomic mass is 15.0. The molecule has 0 aliphatic rings. The molecule has 2 heterocycles. The van der Waals surface area contributed by atoms with Crippen molar-refractivity contribution in [1.29, 1.82) is 5.26 Å². The van der Waals surface area contributed by atoms with E-state index in [9.17, 15) is 5.26 Å².